The molecule has 1 aliphatic heterocycles. The Morgan fingerprint density at radius 2 is 1.87 bits per heavy atom. The number of amides is 1. The van der Waals surface area contributed by atoms with Gasteiger partial charge in [0.15, 0.2) is 0 Å². The fourth-order valence-corrected chi connectivity index (χ4v) is 3.03. The fraction of sp³-hybridized carbons (Fsp3) is 0.444. The molecule has 122 valence electrons. The first kappa shape index (κ1) is 15.6. The van der Waals surface area contributed by atoms with E-state index in [4.69, 9.17) is 4.52 Å². The molecule has 1 saturated heterocycles. The van der Waals surface area contributed by atoms with Gasteiger partial charge in [-0.05, 0) is 57.4 Å². The lowest BCUT2D eigenvalue weighted by atomic mass is 10.1. The topological polar surface area (TPSA) is 58.4 Å². The maximum atomic E-state index is 12.2. The molecule has 2 heterocycles. The molecular weight excluding hydrogens is 290 g/mol. The molecule has 1 aromatic carbocycles. The van der Waals surface area contributed by atoms with E-state index in [2.05, 4.69) is 27.5 Å². The second kappa shape index (κ2) is 6.86. The number of carbonyl (C=O) groups is 1. The lowest BCUT2D eigenvalue weighted by Gasteiger charge is -2.28. The highest BCUT2D eigenvalue weighted by atomic mass is 16.5. The minimum absolute atomic E-state index is 0.0508. The average Bonchev–Trinajstić information content (AvgIpc) is 2.88. The van der Waals surface area contributed by atoms with Crippen LogP contribution >= 0.6 is 0 Å². The molecule has 23 heavy (non-hydrogen) atoms. The van der Waals surface area contributed by atoms with Gasteiger partial charge in [0.25, 0.3) is 0 Å². The number of carbonyl (C=O) groups excluding carboxylic acids is 1. The van der Waals surface area contributed by atoms with Crippen molar-refractivity contribution in [1.29, 1.82) is 0 Å². The number of rotatable bonds is 4. The van der Waals surface area contributed by atoms with Crippen molar-refractivity contribution in [3.05, 3.63) is 41.3 Å². The van der Waals surface area contributed by atoms with E-state index in [-0.39, 0.29) is 12.3 Å². The lowest BCUT2D eigenvalue weighted by Crippen LogP contribution is -2.29. The fourth-order valence-electron chi connectivity index (χ4n) is 3.03. The first-order valence-electron chi connectivity index (χ1n) is 8.20. The normalized spacial score (nSPS) is 14.8. The molecule has 0 spiro atoms. The summed E-state index contributed by atoms with van der Waals surface area (Å²) in [5.41, 5.74) is 3.70. The van der Waals surface area contributed by atoms with Crippen LogP contribution in [0.3, 0.4) is 0 Å². The van der Waals surface area contributed by atoms with Gasteiger partial charge in [-0.2, -0.15) is 0 Å². The molecule has 1 aliphatic rings. The minimum Gasteiger partial charge on any atom is -0.372 e. The van der Waals surface area contributed by atoms with Gasteiger partial charge in [0.1, 0.15) is 5.76 Å². The molecule has 5 heteroatoms. The van der Waals surface area contributed by atoms with Crippen molar-refractivity contribution in [2.24, 2.45) is 0 Å². The molecule has 3 rings (SSSR count). The van der Waals surface area contributed by atoms with E-state index in [0.717, 1.165) is 30.0 Å². The molecule has 1 N–H and O–H groups in total. The van der Waals surface area contributed by atoms with E-state index in [0.29, 0.717) is 5.76 Å². The van der Waals surface area contributed by atoms with Crippen molar-refractivity contribution in [2.45, 2.75) is 39.5 Å². The summed E-state index contributed by atoms with van der Waals surface area (Å²) in [5, 5.41) is 6.82. The van der Waals surface area contributed by atoms with Crippen LogP contribution in [0.2, 0.25) is 0 Å². The summed E-state index contributed by atoms with van der Waals surface area (Å²) < 4.78 is 5.09. The largest absolute Gasteiger partial charge is 0.372 e. The van der Waals surface area contributed by atoms with Gasteiger partial charge in [0, 0.05) is 30.0 Å². The number of hydrogen-bond acceptors (Lipinski definition) is 4. The maximum Gasteiger partial charge on any atom is 0.228 e. The molecule has 1 amide bonds. The first-order chi connectivity index (χ1) is 11.1. The zero-order valence-electron chi connectivity index (χ0n) is 13.8. The van der Waals surface area contributed by atoms with Crippen LogP contribution in [0.1, 0.15) is 36.3 Å². The Bertz CT molecular complexity index is 651. The van der Waals surface area contributed by atoms with Gasteiger partial charge in [0.2, 0.25) is 5.91 Å². The summed E-state index contributed by atoms with van der Waals surface area (Å²) in [5.74, 6) is 0.656. The van der Waals surface area contributed by atoms with Crippen LogP contribution in [0.25, 0.3) is 0 Å². The van der Waals surface area contributed by atoms with Gasteiger partial charge in [0.05, 0.1) is 12.1 Å². The molecule has 1 fully saturated rings. The van der Waals surface area contributed by atoms with E-state index >= 15 is 0 Å². The van der Waals surface area contributed by atoms with Gasteiger partial charge in [-0.3, -0.25) is 4.79 Å². The first-order valence-corrected chi connectivity index (χ1v) is 8.20. The van der Waals surface area contributed by atoms with Crippen molar-refractivity contribution in [3.8, 4) is 0 Å². The van der Waals surface area contributed by atoms with E-state index in [1.165, 1.54) is 24.9 Å². The molecule has 0 aliphatic carbocycles. The molecule has 0 saturated carbocycles. The molecule has 0 unspecified atom stereocenters. The number of benzene rings is 1. The quantitative estimate of drug-likeness (QED) is 0.939. The van der Waals surface area contributed by atoms with Gasteiger partial charge in [-0.1, -0.05) is 5.16 Å². The Hall–Kier alpha value is -2.30. The summed E-state index contributed by atoms with van der Waals surface area (Å²) in [7, 11) is 0. The van der Waals surface area contributed by atoms with Crippen molar-refractivity contribution in [3.63, 3.8) is 0 Å². The Morgan fingerprint density at radius 1 is 1.17 bits per heavy atom. The molecule has 0 bridgehead atoms. The number of nitrogens with zero attached hydrogens (tertiary/aromatic N) is 2. The number of anilines is 2. The van der Waals surface area contributed by atoms with Crippen LogP contribution in [0, 0.1) is 13.8 Å². The predicted molar refractivity (Wildman–Crippen MR) is 90.8 cm³/mol. The van der Waals surface area contributed by atoms with Crippen LogP contribution in [0.5, 0.6) is 0 Å². The summed E-state index contributed by atoms with van der Waals surface area (Å²) >= 11 is 0. The summed E-state index contributed by atoms with van der Waals surface area (Å²) in [6.45, 7) is 5.93. The molecule has 0 radical (unpaired) electrons. The van der Waals surface area contributed by atoms with E-state index in [9.17, 15) is 4.79 Å². The molecule has 0 atom stereocenters. The van der Waals surface area contributed by atoms with Crippen LogP contribution in [-0.2, 0) is 11.2 Å². The van der Waals surface area contributed by atoms with Crippen LogP contribution < -0.4 is 10.2 Å². The van der Waals surface area contributed by atoms with Gasteiger partial charge in [-0.25, -0.2) is 0 Å². The monoisotopic (exact) mass is 313 g/mol. The Kier molecular flexibility index (Phi) is 4.65. The van der Waals surface area contributed by atoms with Crippen molar-refractivity contribution in [2.75, 3.05) is 23.3 Å². The highest BCUT2D eigenvalue weighted by Gasteiger charge is 2.14. The third-order valence-electron chi connectivity index (χ3n) is 4.39. The van der Waals surface area contributed by atoms with E-state index in [1.54, 1.807) is 0 Å². The van der Waals surface area contributed by atoms with Gasteiger partial charge >= 0.3 is 0 Å². The molecule has 1 aromatic heterocycles. The summed E-state index contributed by atoms with van der Waals surface area (Å²) in [4.78, 5) is 14.6. The number of piperidine rings is 1. The number of nitrogens with one attached hydrogen (secondary N) is 1. The van der Waals surface area contributed by atoms with Crippen molar-refractivity contribution in [1.82, 2.24) is 5.16 Å². The minimum atomic E-state index is -0.0508. The molecule has 5 nitrogen and oxygen atoms in total. The molecular formula is C18H23N3O2. The van der Waals surface area contributed by atoms with Crippen LogP contribution in [0.4, 0.5) is 11.4 Å². The average molecular weight is 313 g/mol. The van der Waals surface area contributed by atoms with Crippen molar-refractivity contribution < 1.29 is 9.32 Å². The van der Waals surface area contributed by atoms with E-state index in [1.807, 2.05) is 26.0 Å². The predicted octanol–water partition coefficient (Wildman–Crippen LogP) is 3.46. The summed E-state index contributed by atoms with van der Waals surface area (Å²) in [6, 6.07) is 8.10. The number of aromatic nitrogens is 1. The van der Waals surface area contributed by atoms with Gasteiger partial charge < -0.3 is 14.7 Å². The zero-order valence-corrected chi connectivity index (χ0v) is 13.8. The Balaban J connectivity index is 1.60. The standard InChI is InChI=1S/C18H23N3O2/c1-13-17(14(2)23-20-13)12-18(22)19-15-6-8-16(9-7-15)21-10-4-3-5-11-21/h6-9H,3-5,10-12H2,1-2H3,(H,19,22). The summed E-state index contributed by atoms with van der Waals surface area (Å²) in [6.07, 6.45) is 4.13. The number of aryl methyl sites for hydroxylation is 2. The van der Waals surface area contributed by atoms with Gasteiger partial charge in [-0.15, -0.1) is 0 Å². The van der Waals surface area contributed by atoms with Crippen molar-refractivity contribution >= 4 is 17.3 Å². The smallest absolute Gasteiger partial charge is 0.228 e. The van der Waals surface area contributed by atoms with E-state index < -0.39 is 0 Å². The SMILES string of the molecule is Cc1noc(C)c1CC(=O)Nc1ccc(N2CCCCC2)cc1. The second-order valence-electron chi connectivity index (χ2n) is 6.12. The Morgan fingerprint density at radius 3 is 2.48 bits per heavy atom. The third-order valence-corrected chi connectivity index (χ3v) is 4.39. The second-order valence-corrected chi connectivity index (χ2v) is 6.12. The lowest BCUT2D eigenvalue weighted by molar-refractivity contribution is -0.115. The highest BCUT2D eigenvalue weighted by Crippen LogP contribution is 2.22. The molecule has 2 aromatic rings. The number of hydrogen-bond donors (Lipinski definition) is 1. The zero-order chi connectivity index (χ0) is 16.2. The third kappa shape index (κ3) is 3.73. The Labute approximate surface area is 136 Å². The maximum absolute atomic E-state index is 12.2. The van der Waals surface area contributed by atoms with Crippen LogP contribution in [0.15, 0.2) is 28.8 Å². The highest BCUT2D eigenvalue weighted by molar-refractivity contribution is 5.92. The van der Waals surface area contributed by atoms with Crippen LogP contribution in [-0.4, -0.2) is 24.2 Å².